The average Bonchev–Trinajstić information content (AvgIpc) is 2.43. The Morgan fingerprint density at radius 2 is 1.60 bits per heavy atom. The molecule has 0 saturated carbocycles. The van der Waals surface area contributed by atoms with Gasteiger partial charge in [0.25, 0.3) is 0 Å². The van der Waals surface area contributed by atoms with Gasteiger partial charge >= 0.3 is 0 Å². The molecule has 106 valence electrons. The van der Waals surface area contributed by atoms with E-state index in [1.54, 1.807) is 12.1 Å². The summed E-state index contributed by atoms with van der Waals surface area (Å²) in [6, 6.07) is 13.7. The van der Waals surface area contributed by atoms with Gasteiger partial charge in [-0.25, -0.2) is 0 Å². The molecule has 0 aliphatic heterocycles. The van der Waals surface area contributed by atoms with Crippen LogP contribution in [-0.2, 0) is 19.3 Å². The van der Waals surface area contributed by atoms with Gasteiger partial charge in [0, 0.05) is 16.5 Å². The van der Waals surface area contributed by atoms with E-state index < -0.39 is 6.10 Å². The molecule has 0 bridgehead atoms. The van der Waals surface area contributed by atoms with Gasteiger partial charge in [0.15, 0.2) is 0 Å². The van der Waals surface area contributed by atoms with Gasteiger partial charge in [0.05, 0.1) is 6.10 Å². The molecule has 0 spiro atoms. The summed E-state index contributed by atoms with van der Waals surface area (Å²) >= 11 is 12.0. The van der Waals surface area contributed by atoms with E-state index in [0.29, 0.717) is 22.9 Å². The van der Waals surface area contributed by atoms with Gasteiger partial charge in [-0.05, 0) is 41.7 Å². The molecular formula is C17H18Cl2O. The summed E-state index contributed by atoms with van der Waals surface area (Å²) in [5.41, 5.74) is 3.37. The maximum atomic E-state index is 10.2. The lowest BCUT2D eigenvalue weighted by atomic mass is 10.00. The largest absolute Gasteiger partial charge is 0.392 e. The zero-order valence-electron chi connectivity index (χ0n) is 11.4. The highest BCUT2D eigenvalue weighted by Gasteiger charge is 2.10. The van der Waals surface area contributed by atoms with Gasteiger partial charge in [-0.2, -0.15) is 0 Å². The third kappa shape index (κ3) is 4.24. The van der Waals surface area contributed by atoms with E-state index in [2.05, 4.69) is 31.2 Å². The molecule has 2 aromatic rings. The van der Waals surface area contributed by atoms with E-state index in [0.717, 1.165) is 17.5 Å². The minimum atomic E-state index is -0.443. The van der Waals surface area contributed by atoms with Crippen LogP contribution in [0.2, 0.25) is 10.0 Å². The van der Waals surface area contributed by atoms with Crippen molar-refractivity contribution in [1.29, 1.82) is 0 Å². The summed E-state index contributed by atoms with van der Waals surface area (Å²) in [5, 5.41) is 11.4. The average molecular weight is 309 g/mol. The first-order valence-corrected chi connectivity index (χ1v) is 7.54. The van der Waals surface area contributed by atoms with Crippen LogP contribution in [0, 0.1) is 0 Å². The molecule has 0 radical (unpaired) electrons. The molecule has 0 saturated heterocycles. The first-order chi connectivity index (χ1) is 9.58. The van der Waals surface area contributed by atoms with Gasteiger partial charge < -0.3 is 5.11 Å². The summed E-state index contributed by atoms with van der Waals surface area (Å²) in [6.07, 6.45) is 1.75. The molecule has 1 atom stereocenters. The van der Waals surface area contributed by atoms with Gasteiger partial charge in [-0.15, -0.1) is 0 Å². The molecule has 0 aliphatic carbocycles. The summed E-state index contributed by atoms with van der Waals surface area (Å²) in [7, 11) is 0. The van der Waals surface area contributed by atoms with Crippen molar-refractivity contribution >= 4 is 23.2 Å². The number of hydrogen-bond acceptors (Lipinski definition) is 1. The van der Waals surface area contributed by atoms with Crippen LogP contribution in [-0.4, -0.2) is 11.2 Å². The fourth-order valence-electron chi connectivity index (χ4n) is 2.20. The van der Waals surface area contributed by atoms with Crippen molar-refractivity contribution in [2.75, 3.05) is 0 Å². The Bertz CT molecular complexity index is 564. The fourth-order valence-corrected chi connectivity index (χ4v) is 2.68. The van der Waals surface area contributed by atoms with E-state index in [1.165, 1.54) is 5.56 Å². The normalized spacial score (nSPS) is 12.4. The van der Waals surface area contributed by atoms with E-state index in [4.69, 9.17) is 23.2 Å². The summed E-state index contributed by atoms with van der Waals surface area (Å²) < 4.78 is 0. The number of rotatable bonds is 5. The van der Waals surface area contributed by atoms with Crippen molar-refractivity contribution in [3.63, 3.8) is 0 Å². The second-order valence-corrected chi connectivity index (χ2v) is 5.81. The first-order valence-electron chi connectivity index (χ1n) is 6.78. The Balaban J connectivity index is 1.99. The maximum Gasteiger partial charge on any atom is 0.0621 e. The highest BCUT2D eigenvalue weighted by molar-refractivity contribution is 6.35. The number of halogens is 2. The topological polar surface area (TPSA) is 20.2 Å². The van der Waals surface area contributed by atoms with Crippen LogP contribution < -0.4 is 0 Å². The van der Waals surface area contributed by atoms with E-state index in [1.807, 2.05) is 6.07 Å². The molecule has 0 fully saturated rings. The lowest BCUT2D eigenvalue weighted by Gasteiger charge is -2.12. The Labute approximate surface area is 130 Å². The number of aryl methyl sites for hydroxylation is 1. The van der Waals surface area contributed by atoms with E-state index in [9.17, 15) is 5.11 Å². The highest BCUT2D eigenvalue weighted by Crippen LogP contribution is 2.22. The molecule has 2 rings (SSSR count). The molecule has 0 heterocycles. The Kier molecular flexibility index (Phi) is 5.47. The smallest absolute Gasteiger partial charge is 0.0621 e. The first kappa shape index (κ1) is 15.4. The van der Waals surface area contributed by atoms with Crippen molar-refractivity contribution in [2.45, 2.75) is 32.3 Å². The standard InChI is InChI=1S/C17H18Cl2O/c1-2-12-3-5-13(6-4-12)9-16(20)10-14-7-8-15(18)11-17(14)19/h3-8,11,16,20H,2,9-10H2,1H3. The monoisotopic (exact) mass is 308 g/mol. The van der Waals surface area contributed by atoms with E-state index in [-0.39, 0.29) is 0 Å². The molecule has 2 aromatic carbocycles. The van der Waals surface area contributed by atoms with Crippen LogP contribution in [0.5, 0.6) is 0 Å². The van der Waals surface area contributed by atoms with Crippen molar-refractivity contribution in [3.05, 3.63) is 69.2 Å². The fraction of sp³-hybridized carbons (Fsp3) is 0.294. The second kappa shape index (κ2) is 7.12. The predicted molar refractivity (Wildman–Crippen MR) is 85.7 cm³/mol. The third-order valence-electron chi connectivity index (χ3n) is 3.37. The lowest BCUT2D eigenvalue weighted by Crippen LogP contribution is -2.14. The van der Waals surface area contributed by atoms with Crippen molar-refractivity contribution in [3.8, 4) is 0 Å². The van der Waals surface area contributed by atoms with Crippen molar-refractivity contribution in [2.24, 2.45) is 0 Å². The SMILES string of the molecule is CCc1ccc(CC(O)Cc2ccc(Cl)cc2Cl)cc1. The number of aliphatic hydroxyl groups excluding tert-OH is 1. The molecule has 20 heavy (non-hydrogen) atoms. The summed E-state index contributed by atoms with van der Waals surface area (Å²) in [4.78, 5) is 0. The molecule has 1 N–H and O–H groups in total. The van der Waals surface area contributed by atoms with Crippen molar-refractivity contribution in [1.82, 2.24) is 0 Å². The van der Waals surface area contributed by atoms with Crippen LogP contribution in [0.25, 0.3) is 0 Å². The zero-order valence-corrected chi connectivity index (χ0v) is 13.0. The van der Waals surface area contributed by atoms with Gasteiger partial charge in [0.1, 0.15) is 0 Å². The highest BCUT2D eigenvalue weighted by atomic mass is 35.5. The third-order valence-corrected chi connectivity index (χ3v) is 3.96. The molecule has 0 amide bonds. The number of hydrogen-bond donors (Lipinski definition) is 1. The second-order valence-electron chi connectivity index (χ2n) is 4.97. The quantitative estimate of drug-likeness (QED) is 0.848. The molecule has 3 heteroatoms. The minimum absolute atomic E-state index is 0.443. The maximum absolute atomic E-state index is 10.2. The van der Waals surface area contributed by atoms with Gasteiger partial charge in [-0.1, -0.05) is 60.5 Å². The van der Waals surface area contributed by atoms with Crippen LogP contribution in [0.1, 0.15) is 23.6 Å². The Morgan fingerprint density at radius 1 is 0.950 bits per heavy atom. The van der Waals surface area contributed by atoms with Gasteiger partial charge in [0.2, 0.25) is 0 Å². The summed E-state index contributed by atoms with van der Waals surface area (Å²) in [6.45, 7) is 2.13. The molecule has 1 unspecified atom stereocenters. The molecule has 0 aliphatic rings. The van der Waals surface area contributed by atoms with Crippen LogP contribution in [0.15, 0.2) is 42.5 Å². The Hall–Kier alpha value is -1.02. The van der Waals surface area contributed by atoms with Crippen LogP contribution in [0.4, 0.5) is 0 Å². The lowest BCUT2D eigenvalue weighted by molar-refractivity contribution is 0.175. The van der Waals surface area contributed by atoms with E-state index >= 15 is 0 Å². The minimum Gasteiger partial charge on any atom is -0.392 e. The predicted octanol–water partition coefficient (Wildman–Crippen LogP) is 4.70. The number of aliphatic hydroxyl groups is 1. The van der Waals surface area contributed by atoms with Gasteiger partial charge in [-0.3, -0.25) is 0 Å². The summed E-state index contributed by atoms with van der Waals surface area (Å²) in [5.74, 6) is 0. The Morgan fingerprint density at radius 3 is 2.20 bits per heavy atom. The number of benzene rings is 2. The van der Waals surface area contributed by atoms with Crippen LogP contribution >= 0.6 is 23.2 Å². The molecule has 1 nitrogen and oxygen atoms in total. The molecule has 0 aromatic heterocycles. The van der Waals surface area contributed by atoms with Crippen molar-refractivity contribution < 1.29 is 5.11 Å². The zero-order chi connectivity index (χ0) is 14.5. The molecular weight excluding hydrogens is 291 g/mol. The van der Waals surface area contributed by atoms with Crippen LogP contribution in [0.3, 0.4) is 0 Å².